The second kappa shape index (κ2) is 5.50. The molecule has 98 valence electrons. The second-order valence-corrected chi connectivity index (χ2v) is 3.95. The van der Waals surface area contributed by atoms with Crippen LogP contribution < -0.4 is 15.8 Å². The number of amides is 1. The Morgan fingerprint density at radius 1 is 1.33 bits per heavy atom. The molecule has 1 aromatic carbocycles. The minimum Gasteiger partial charge on any atom is -0.496 e. The van der Waals surface area contributed by atoms with E-state index in [1.165, 1.54) is 0 Å². The summed E-state index contributed by atoms with van der Waals surface area (Å²) in [6, 6.07) is 1.81. The highest BCUT2D eigenvalue weighted by Crippen LogP contribution is 2.26. The van der Waals surface area contributed by atoms with E-state index in [0.29, 0.717) is 5.69 Å². The number of benzene rings is 1. The van der Waals surface area contributed by atoms with Gasteiger partial charge in [0.2, 0.25) is 0 Å². The Bertz CT molecular complexity index is 462. The lowest BCUT2D eigenvalue weighted by Gasteiger charge is -2.13. The summed E-state index contributed by atoms with van der Waals surface area (Å²) in [5, 5.41) is 11.1. The third-order valence-electron chi connectivity index (χ3n) is 2.48. The van der Waals surface area contributed by atoms with Crippen molar-refractivity contribution in [3.05, 3.63) is 23.3 Å². The molecule has 0 spiro atoms. The molecule has 0 saturated carbocycles. The smallest absolute Gasteiger partial charge is 0.330 e. The van der Waals surface area contributed by atoms with E-state index >= 15 is 0 Å². The van der Waals surface area contributed by atoms with Gasteiger partial charge in [-0.05, 0) is 37.1 Å². The molecule has 18 heavy (non-hydrogen) atoms. The molecular formula is C12H16N2O4. The Kier molecular flexibility index (Phi) is 4.28. The monoisotopic (exact) mass is 252 g/mol. The van der Waals surface area contributed by atoms with Crippen molar-refractivity contribution >= 4 is 17.6 Å². The first-order chi connectivity index (χ1) is 8.36. The van der Waals surface area contributed by atoms with Crippen LogP contribution in [0, 0.1) is 13.8 Å². The number of carbonyl (C=O) groups is 2. The van der Waals surface area contributed by atoms with Gasteiger partial charge in [0.25, 0.3) is 5.91 Å². The summed E-state index contributed by atoms with van der Waals surface area (Å²) in [6.45, 7) is 3.66. The molecule has 6 nitrogen and oxygen atoms in total. The Morgan fingerprint density at radius 3 is 2.22 bits per heavy atom. The van der Waals surface area contributed by atoms with Gasteiger partial charge in [-0.15, -0.1) is 0 Å². The molecule has 0 aliphatic heterocycles. The largest absolute Gasteiger partial charge is 0.496 e. The standard InChI is InChI=1S/C12H16N2O4/c1-6-4-8(5-7(2)10(6)18-3)14-11(15)9(13)12(16)17/h4-5,9H,13H2,1-3H3,(H,14,15)(H,16,17). The molecule has 0 bridgehead atoms. The molecule has 0 radical (unpaired) electrons. The topological polar surface area (TPSA) is 102 Å². The quantitative estimate of drug-likeness (QED) is 0.683. The lowest BCUT2D eigenvalue weighted by atomic mass is 10.1. The number of anilines is 1. The summed E-state index contributed by atoms with van der Waals surface area (Å²) in [4.78, 5) is 22.0. The number of aliphatic carboxylic acids is 1. The SMILES string of the molecule is COc1c(C)cc(NC(=O)C(N)C(=O)O)cc1C. The van der Waals surface area contributed by atoms with Crippen molar-refractivity contribution in [2.75, 3.05) is 12.4 Å². The van der Waals surface area contributed by atoms with E-state index < -0.39 is 17.9 Å². The molecular weight excluding hydrogens is 236 g/mol. The van der Waals surface area contributed by atoms with Crippen LogP contribution in [0.2, 0.25) is 0 Å². The summed E-state index contributed by atoms with van der Waals surface area (Å²) < 4.78 is 5.19. The molecule has 1 amide bonds. The maximum atomic E-state index is 11.5. The van der Waals surface area contributed by atoms with Gasteiger partial charge in [0.05, 0.1) is 7.11 Å². The number of methoxy groups -OCH3 is 1. The molecule has 0 aliphatic rings. The van der Waals surface area contributed by atoms with Crippen LogP contribution in [-0.4, -0.2) is 30.1 Å². The molecule has 1 aromatic rings. The number of carboxylic acid groups (broad SMARTS) is 1. The average Bonchev–Trinajstić information content (AvgIpc) is 2.27. The molecule has 0 aromatic heterocycles. The summed E-state index contributed by atoms with van der Waals surface area (Å²) >= 11 is 0. The molecule has 0 heterocycles. The average molecular weight is 252 g/mol. The van der Waals surface area contributed by atoms with Gasteiger partial charge in [-0.2, -0.15) is 0 Å². The van der Waals surface area contributed by atoms with Gasteiger partial charge in [-0.1, -0.05) is 0 Å². The molecule has 6 heteroatoms. The highest BCUT2D eigenvalue weighted by Gasteiger charge is 2.21. The van der Waals surface area contributed by atoms with Crippen LogP contribution in [0.25, 0.3) is 0 Å². The number of nitrogens with two attached hydrogens (primary N) is 1. The van der Waals surface area contributed by atoms with Crippen LogP contribution in [0.3, 0.4) is 0 Å². The van der Waals surface area contributed by atoms with Crippen molar-refractivity contribution in [3.8, 4) is 5.75 Å². The third-order valence-corrected chi connectivity index (χ3v) is 2.48. The first-order valence-electron chi connectivity index (χ1n) is 5.31. The van der Waals surface area contributed by atoms with Crippen LogP contribution in [0.5, 0.6) is 5.75 Å². The number of hydrogen-bond donors (Lipinski definition) is 3. The third kappa shape index (κ3) is 2.98. The Labute approximate surface area is 105 Å². The number of hydrogen-bond acceptors (Lipinski definition) is 4. The van der Waals surface area contributed by atoms with E-state index in [0.717, 1.165) is 16.9 Å². The van der Waals surface area contributed by atoms with Gasteiger partial charge >= 0.3 is 5.97 Å². The zero-order valence-electron chi connectivity index (χ0n) is 10.5. The molecule has 0 aliphatic carbocycles. The molecule has 1 atom stereocenters. The van der Waals surface area contributed by atoms with E-state index in [-0.39, 0.29) is 0 Å². The van der Waals surface area contributed by atoms with E-state index in [1.54, 1.807) is 19.2 Å². The van der Waals surface area contributed by atoms with Crippen molar-refractivity contribution in [1.29, 1.82) is 0 Å². The highest BCUT2D eigenvalue weighted by atomic mass is 16.5. The molecule has 1 unspecified atom stereocenters. The molecule has 0 fully saturated rings. The number of carbonyl (C=O) groups excluding carboxylic acids is 1. The summed E-state index contributed by atoms with van der Waals surface area (Å²) in [6.07, 6.45) is 0. The van der Waals surface area contributed by atoms with Gasteiger partial charge in [0.1, 0.15) is 5.75 Å². The maximum absolute atomic E-state index is 11.5. The van der Waals surface area contributed by atoms with Crippen LogP contribution in [0.1, 0.15) is 11.1 Å². The molecule has 1 rings (SSSR count). The number of nitrogens with one attached hydrogen (secondary N) is 1. The van der Waals surface area contributed by atoms with Crippen molar-refractivity contribution in [2.24, 2.45) is 5.73 Å². The van der Waals surface area contributed by atoms with Gasteiger partial charge < -0.3 is 20.9 Å². The Balaban J connectivity index is 2.93. The zero-order valence-corrected chi connectivity index (χ0v) is 10.5. The predicted octanol–water partition coefficient (Wildman–Crippen LogP) is 0.662. The number of rotatable bonds is 4. The van der Waals surface area contributed by atoms with Crippen LogP contribution in [0.4, 0.5) is 5.69 Å². The first-order valence-corrected chi connectivity index (χ1v) is 5.31. The van der Waals surface area contributed by atoms with E-state index in [4.69, 9.17) is 15.6 Å². The van der Waals surface area contributed by atoms with Crippen LogP contribution >= 0.6 is 0 Å². The summed E-state index contributed by atoms with van der Waals surface area (Å²) in [7, 11) is 1.56. The highest BCUT2D eigenvalue weighted by molar-refractivity contribution is 6.07. The Hall–Kier alpha value is -2.08. The number of aryl methyl sites for hydroxylation is 2. The van der Waals surface area contributed by atoms with E-state index in [2.05, 4.69) is 5.32 Å². The van der Waals surface area contributed by atoms with Gasteiger partial charge in [-0.3, -0.25) is 4.79 Å². The van der Waals surface area contributed by atoms with E-state index in [9.17, 15) is 9.59 Å². The summed E-state index contributed by atoms with van der Waals surface area (Å²) in [5.41, 5.74) is 7.39. The lowest BCUT2D eigenvalue weighted by molar-refractivity contribution is -0.141. The number of ether oxygens (including phenoxy) is 1. The van der Waals surface area contributed by atoms with Gasteiger partial charge in [0.15, 0.2) is 6.04 Å². The van der Waals surface area contributed by atoms with Crippen LogP contribution in [0.15, 0.2) is 12.1 Å². The predicted molar refractivity (Wildman–Crippen MR) is 66.7 cm³/mol. The minimum atomic E-state index is -1.58. The van der Waals surface area contributed by atoms with Crippen molar-refractivity contribution in [1.82, 2.24) is 0 Å². The second-order valence-electron chi connectivity index (χ2n) is 3.95. The van der Waals surface area contributed by atoms with Gasteiger partial charge in [-0.25, -0.2) is 4.79 Å². The minimum absolute atomic E-state index is 0.493. The molecule has 0 saturated heterocycles. The lowest BCUT2D eigenvalue weighted by Crippen LogP contribution is -2.42. The van der Waals surface area contributed by atoms with E-state index in [1.807, 2.05) is 13.8 Å². The zero-order chi connectivity index (χ0) is 13.9. The van der Waals surface area contributed by atoms with Crippen molar-refractivity contribution < 1.29 is 19.4 Å². The maximum Gasteiger partial charge on any atom is 0.330 e. The molecule has 4 N–H and O–H groups in total. The fourth-order valence-electron chi connectivity index (χ4n) is 1.68. The first kappa shape index (κ1) is 14.0. The fourth-order valence-corrected chi connectivity index (χ4v) is 1.68. The van der Waals surface area contributed by atoms with Crippen molar-refractivity contribution in [2.45, 2.75) is 19.9 Å². The van der Waals surface area contributed by atoms with Crippen molar-refractivity contribution in [3.63, 3.8) is 0 Å². The van der Waals surface area contributed by atoms with Crippen LogP contribution in [-0.2, 0) is 9.59 Å². The summed E-state index contributed by atoms with van der Waals surface area (Å²) in [5.74, 6) is -1.39. The Morgan fingerprint density at radius 2 is 1.83 bits per heavy atom. The fraction of sp³-hybridized carbons (Fsp3) is 0.333. The number of carboxylic acids is 1. The van der Waals surface area contributed by atoms with Gasteiger partial charge in [0, 0.05) is 5.69 Å². The normalized spacial score (nSPS) is 11.8.